The molecule has 0 unspecified atom stereocenters. The molecule has 0 radical (unpaired) electrons. The molecule has 0 spiro atoms. The number of fused-ring (bicyclic) bond motifs is 1. The predicted molar refractivity (Wildman–Crippen MR) is 93.0 cm³/mol. The maximum atomic E-state index is 13.4. The molecule has 0 saturated carbocycles. The van der Waals surface area contributed by atoms with E-state index < -0.39 is 6.04 Å². The van der Waals surface area contributed by atoms with E-state index in [1.54, 1.807) is 13.0 Å². The summed E-state index contributed by atoms with van der Waals surface area (Å²) in [6.45, 7) is 1.58. The Bertz CT molecular complexity index is 854. The summed E-state index contributed by atoms with van der Waals surface area (Å²) in [5.74, 6) is -0.336. The van der Waals surface area contributed by atoms with Crippen LogP contribution in [0.15, 0.2) is 27.8 Å². The van der Waals surface area contributed by atoms with E-state index in [4.69, 9.17) is 9.74 Å². The number of amidine groups is 1. The number of hydrogen-bond donors (Lipinski definition) is 4. The van der Waals surface area contributed by atoms with Crippen molar-refractivity contribution >= 4 is 17.4 Å². The molecule has 0 aliphatic heterocycles. The monoisotopic (exact) mass is 377 g/mol. The maximum Gasteiger partial charge on any atom is 0.202 e. The van der Waals surface area contributed by atoms with E-state index in [9.17, 15) is 14.4 Å². The van der Waals surface area contributed by atoms with Gasteiger partial charge in [-0.25, -0.2) is 9.02 Å². The number of ketones is 1. The number of anilines is 1. The largest absolute Gasteiger partial charge is 0.396 e. The Morgan fingerprint density at radius 1 is 1.48 bits per heavy atom. The number of aliphatic hydroxyl groups excluding tert-OH is 1. The van der Waals surface area contributed by atoms with E-state index in [0.29, 0.717) is 12.8 Å². The van der Waals surface area contributed by atoms with Gasteiger partial charge in [0.1, 0.15) is 5.82 Å². The van der Waals surface area contributed by atoms with Gasteiger partial charge >= 0.3 is 0 Å². The normalized spacial score (nSPS) is 17.0. The molecule has 1 aromatic heterocycles. The fraction of sp³-hybridized carbons (Fsp3) is 0.412. The van der Waals surface area contributed by atoms with Crippen LogP contribution in [0.25, 0.3) is 0 Å². The molecular weight excluding hydrogens is 357 g/mol. The summed E-state index contributed by atoms with van der Waals surface area (Å²) in [6, 6.07) is 3.57. The van der Waals surface area contributed by atoms with Crippen LogP contribution in [0.3, 0.4) is 0 Å². The smallest absolute Gasteiger partial charge is 0.202 e. The van der Waals surface area contributed by atoms with Crippen LogP contribution in [-0.4, -0.2) is 44.9 Å². The minimum absolute atomic E-state index is 0.00586. The van der Waals surface area contributed by atoms with Crippen LogP contribution in [0.4, 0.5) is 10.2 Å². The number of hydrogen-bond acceptors (Lipinski definition) is 8. The number of aliphatic imine (C=N–C) groups is 1. The average molecular weight is 377 g/mol. The van der Waals surface area contributed by atoms with Crippen molar-refractivity contribution < 1.29 is 24.1 Å². The molecule has 2 aromatic rings. The molecule has 9 nitrogen and oxygen atoms in total. The third-order valence-electron chi connectivity index (χ3n) is 4.40. The Labute approximate surface area is 154 Å². The number of aliphatic hydroxyl groups is 1. The molecule has 0 amide bonds. The molecular formula is C17H20FN5O4. The van der Waals surface area contributed by atoms with Gasteiger partial charge in [-0.1, -0.05) is 6.07 Å². The fourth-order valence-corrected chi connectivity index (χ4v) is 2.86. The lowest BCUT2D eigenvalue weighted by Gasteiger charge is -2.27. The molecule has 1 aliphatic carbocycles. The second kappa shape index (κ2) is 8.23. The summed E-state index contributed by atoms with van der Waals surface area (Å²) >= 11 is 0. The molecule has 0 fully saturated rings. The lowest BCUT2D eigenvalue weighted by molar-refractivity contribution is -0.119. The molecule has 27 heavy (non-hydrogen) atoms. The van der Waals surface area contributed by atoms with Gasteiger partial charge in [0.15, 0.2) is 17.3 Å². The quantitative estimate of drug-likeness (QED) is 0.308. The zero-order valence-corrected chi connectivity index (χ0v) is 14.6. The van der Waals surface area contributed by atoms with Crippen LogP contribution in [0, 0.1) is 5.82 Å². The molecule has 2 atom stereocenters. The number of nitrogens with one attached hydrogen (secondary N) is 2. The fourth-order valence-electron chi connectivity index (χ4n) is 2.86. The topological polar surface area (TPSA) is 133 Å². The molecule has 1 aliphatic rings. The third-order valence-corrected chi connectivity index (χ3v) is 4.40. The van der Waals surface area contributed by atoms with Crippen molar-refractivity contribution in [3.05, 3.63) is 40.8 Å². The van der Waals surface area contributed by atoms with Crippen molar-refractivity contribution in [2.75, 3.05) is 11.9 Å². The highest BCUT2D eigenvalue weighted by atomic mass is 19.1. The highest BCUT2D eigenvalue weighted by molar-refractivity contribution is 6.00. The summed E-state index contributed by atoms with van der Waals surface area (Å²) in [4.78, 5) is 16.4. The van der Waals surface area contributed by atoms with E-state index in [-0.39, 0.29) is 48.0 Å². The first-order chi connectivity index (χ1) is 13.0. The van der Waals surface area contributed by atoms with Gasteiger partial charge in [0.2, 0.25) is 5.82 Å². The van der Waals surface area contributed by atoms with Gasteiger partial charge in [-0.05, 0) is 53.3 Å². The molecule has 0 bridgehead atoms. The Kier molecular flexibility index (Phi) is 5.77. The Morgan fingerprint density at radius 3 is 3.04 bits per heavy atom. The minimum atomic E-state index is -0.597. The second-order valence-electron chi connectivity index (χ2n) is 6.27. The first-order valence-electron chi connectivity index (χ1n) is 8.52. The summed E-state index contributed by atoms with van der Waals surface area (Å²) in [6.07, 6.45) is 1.19. The van der Waals surface area contributed by atoms with Crippen molar-refractivity contribution in [2.45, 2.75) is 38.3 Å². The van der Waals surface area contributed by atoms with Crippen LogP contribution in [0.5, 0.6) is 0 Å². The van der Waals surface area contributed by atoms with E-state index in [1.165, 1.54) is 12.1 Å². The van der Waals surface area contributed by atoms with E-state index in [0.717, 1.165) is 11.1 Å². The summed E-state index contributed by atoms with van der Waals surface area (Å²) in [5, 5.41) is 28.6. The van der Waals surface area contributed by atoms with Gasteiger partial charge in [0.25, 0.3) is 0 Å². The lowest BCUT2D eigenvalue weighted by Crippen LogP contribution is -2.29. The molecule has 1 aromatic carbocycles. The van der Waals surface area contributed by atoms with E-state index >= 15 is 0 Å². The third kappa shape index (κ3) is 4.12. The van der Waals surface area contributed by atoms with Gasteiger partial charge in [0, 0.05) is 13.0 Å². The number of halogens is 1. The van der Waals surface area contributed by atoms with Crippen molar-refractivity contribution in [2.24, 2.45) is 4.99 Å². The van der Waals surface area contributed by atoms with Crippen LogP contribution in [-0.2, 0) is 11.2 Å². The van der Waals surface area contributed by atoms with Gasteiger partial charge < -0.3 is 10.4 Å². The van der Waals surface area contributed by atoms with Gasteiger partial charge in [0.05, 0.1) is 12.1 Å². The van der Waals surface area contributed by atoms with Crippen LogP contribution in [0.1, 0.15) is 42.6 Å². The number of aromatic nitrogens is 2. The predicted octanol–water partition coefficient (Wildman–Crippen LogP) is 1.37. The number of carbonyl (C=O) groups is 1. The first kappa shape index (κ1) is 18.9. The molecule has 10 heteroatoms. The second-order valence-corrected chi connectivity index (χ2v) is 6.27. The van der Waals surface area contributed by atoms with Crippen LogP contribution >= 0.6 is 0 Å². The summed E-state index contributed by atoms with van der Waals surface area (Å²) in [7, 11) is 0. The SMILES string of the molecule is C[C@H](Nc1nonc1C(=N[C@H]1Cc2ccc(F)cc21)NO)C(=O)CCCO. The number of nitrogens with zero attached hydrogens (tertiary/aromatic N) is 3. The molecule has 0 saturated heterocycles. The minimum Gasteiger partial charge on any atom is -0.396 e. The number of rotatable bonds is 8. The maximum absolute atomic E-state index is 13.4. The number of Topliss-reactive ketones (excluding diaryl/α,β-unsaturated/α-hetero) is 1. The van der Waals surface area contributed by atoms with Crippen LogP contribution in [0.2, 0.25) is 0 Å². The van der Waals surface area contributed by atoms with Gasteiger partial charge in [-0.2, -0.15) is 0 Å². The number of carbonyl (C=O) groups excluding carboxylic acids is 1. The average Bonchev–Trinajstić information content (AvgIpc) is 3.10. The zero-order chi connectivity index (χ0) is 19.4. The highest BCUT2D eigenvalue weighted by Gasteiger charge is 2.28. The molecule has 3 rings (SSSR count). The van der Waals surface area contributed by atoms with Crippen molar-refractivity contribution in [1.82, 2.24) is 15.8 Å². The van der Waals surface area contributed by atoms with E-state index in [1.807, 2.05) is 5.48 Å². The number of hydroxylamine groups is 1. The number of benzene rings is 1. The van der Waals surface area contributed by atoms with Crippen LogP contribution < -0.4 is 10.8 Å². The highest BCUT2D eigenvalue weighted by Crippen LogP contribution is 2.36. The first-order valence-corrected chi connectivity index (χ1v) is 8.52. The van der Waals surface area contributed by atoms with Crippen molar-refractivity contribution in [3.63, 3.8) is 0 Å². The summed E-state index contributed by atoms with van der Waals surface area (Å²) < 4.78 is 18.1. The molecule has 1 heterocycles. The lowest BCUT2D eigenvalue weighted by atomic mass is 9.83. The standard InChI is InChI=1S/C17H20FN5O4/c1-9(14(25)3-2-6-24)19-17-15(22-27-23-17)16(21-26)20-13-7-10-4-5-11(18)8-12(10)13/h4-5,8-9,13,24,26H,2-3,6-7H2,1H3,(H,19,23)(H,20,21)/t9-,13-/m0/s1. The van der Waals surface area contributed by atoms with Gasteiger partial charge in [-0.15, -0.1) is 0 Å². The van der Waals surface area contributed by atoms with Crippen molar-refractivity contribution in [3.8, 4) is 0 Å². The Morgan fingerprint density at radius 2 is 2.30 bits per heavy atom. The summed E-state index contributed by atoms with van der Waals surface area (Å²) in [5.41, 5.74) is 3.79. The Balaban J connectivity index is 1.76. The van der Waals surface area contributed by atoms with Gasteiger partial charge in [-0.3, -0.25) is 20.5 Å². The molecule has 144 valence electrons. The Hall–Kier alpha value is -2.85. The molecule has 4 N–H and O–H groups in total. The van der Waals surface area contributed by atoms with Crippen molar-refractivity contribution in [1.29, 1.82) is 0 Å². The zero-order valence-electron chi connectivity index (χ0n) is 14.6. The van der Waals surface area contributed by atoms with E-state index in [2.05, 4.69) is 20.6 Å².